The second-order valence-corrected chi connectivity index (χ2v) is 9.98. The van der Waals surface area contributed by atoms with E-state index in [-0.39, 0.29) is 41.2 Å². The molecule has 0 saturated heterocycles. The molecule has 2 aromatic carbocycles. The highest BCUT2D eigenvalue weighted by atomic mass is 127. The summed E-state index contributed by atoms with van der Waals surface area (Å²) in [5.74, 6) is 0.682. The van der Waals surface area contributed by atoms with Crippen molar-refractivity contribution in [2.75, 3.05) is 13.6 Å². The summed E-state index contributed by atoms with van der Waals surface area (Å²) in [6.45, 7) is 4.97. The second kappa shape index (κ2) is 11.3. The van der Waals surface area contributed by atoms with E-state index in [2.05, 4.69) is 44.6 Å². The van der Waals surface area contributed by atoms with Crippen molar-refractivity contribution >= 4 is 40.0 Å². The number of aliphatic imine (C=N–C) groups is 1. The van der Waals surface area contributed by atoms with E-state index in [1.54, 1.807) is 7.05 Å². The maximum atomic E-state index is 12.3. The van der Waals surface area contributed by atoms with Crippen molar-refractivity contribution in [3.8, 4) is 0 Å². The second-order valence-electron chi connectivity index (χ2n) is 8.23. The number of hydrogen-bond acceptors (Lipinski definition) is 3. The number of nitrogens with one attached hydrogen (secondary N) is 3. The Morgan fingerprint density at radius 3 is 2.19 bits per heavy atom. The van der Waals surface area contributed by atoms with Gasteiger partial charge in [-0.15, -0.1) is 24.0 Å². The summed E-state index contributed by atoms with van der Waals surface area (Å²) < 4.78 is 27.3. The van der Waals surface area contributed by atoms with Crippen molar-refractivity contribution in [2.24, 2.45) is 4.99 Å². The third-order valence-electron chi connectivity index (χ3n) is 5.38. The van der Waals surface area contributed by atoms with Crippen LogP contribution in [-0.4, -0.2) is 34.0 Å². The van der Waals surface area contributed by atoms with Gasteiger partial charge in [-0.05, 0) is 43.4 Å². The first kappa shape index (κ1) is 25.6. The lowest BCUT2D eigenvalue weighted by Crippen LogP contribution is -2.41. The minimum absolute atomic E-state index is 0. The third-order valence-corrected chi connectivity index (χ3v) is 6.90. The van der Waals surface area contributed by atoms with Crippen LogP contribution in [0.3, 0.4) is 0 Å². The van der Waals surface area contributed by atoms with Crippen LogP contribution in [0.25, 0.3) is 0 Å². The molecule has 1 aliphatic carbocycles. The molecule has 0 atom stereocenters. The molecule has 170 valence electrons. The number of hydrogen-bond donors (Lipinski definition) is 3. The summed E-state index contributed by atoms with van der Waals surface area (Å²) in [7, 11) is -1.63. The summed E-state index contributed by atoms with van der Waals surface area (Å²) in [4.78, 5) is 4.34. The summed E-state index contributed by atoms with van der Waals surface area (Å²) in [6, 6.07) is 18.1. The Hall–Kier alpha value is -1.65. The summed E-state index contributed by atoms with van der Waals surface area (Å²) in [5.41, 5.74) is 3.28. The van der Waals surface area contributed by atoms with Crippen molar-refractivity contribution in [1.82, 2.24) is 15.4 Å². The Morgan fingerprint density at radius 1 is 1.00 bits per heavy atom. The maximum Gasteiger partial charge on any atom is 0.216 e. The molecule has 0 bridgehead atoms. The molecule has 2 aromatic rings. The van der Waals surface area contributed by atoms with Gasteiger partial charge in [0.15, 0.2) is 5.96 Å². The van der Waals surface area contributed by atoms with Crippen LogP contribution in [0.2, 0.25) is 0 Å². The molecule has 0 amide bonds. The fourth-order valence-corrected chi connectivity index (χ4v) is 5.13. The van der Waals surface area contributed by atoms with Gasteiger partial charge in [0.1, 0.15) is 0 Å². The molecular weight excluding hydrogens is 523 g/mol. The number of sulfonamides is 1. The van der Waals surface area contributed by atoms with Crippen LogP contribution >= 0.6 is 24.0 Å². The average Bonchev–Trinajstić information content (AvgIpc) is 3.50. The van der Waals surface area contributed by atoms with Gasteiger partial charge in [-0.3, -0.25) is 4.99 Å². The van der Waals surface area contributed by atoms with E-state index in [0.29, 0.717) is 6.54 Å². The maximum absolute atomic E-state index is 12.3. The largest absolute Gasteiger partial charge is 0.356 e. The van der Waals surface area contributed by atoms with Crippen molar-refractivity contribution < 1.29 is 8.42 Å². The van der Waals surface area contributed by atoms with E-state index in [1.807, 2.05) is 44.2 Å². The Kier molecular flexibility index (Phi) is 9.32. The minimum Gasteiger partial charge on any atom is -0.356 e. The molecule has 31 heavy (non-hydrogen) atoms. The van der Waals surface area contributed by atoms with Crippen molar-refractivity contribution in [2.45, 2.75) is 50.4 Å². The van der Waals surface area contributed by atoms with Crippen LogP contribution in [0.5, 0.6) is 0 Å². The normalized spacial score (nSPS) is 15.3. The van der Waals surface area contributed by atoms with Crippen molar-refractivity contribution in [1.29, 1.82) is 0 Å². The van der Waals surface area contributed by atoms with Crippen LogP contribution in [0.1, 0.15) is 43.4 Å². The van der Waals surface area contributed by atoms with E-state index in [1.165, 1.54) is 18.4 Å². The fourth-order valence-electron chi connectivity index (χ4n) is 3.64. The topological polar surface area (TPSA) is 82.6 Å². The molecule has 3 N–H and O–H groups in total. The quantitative estimate of drug-likeness (QED) is 0.251. The first-order valence-electron chi connectivity index (χ1n) is 10.4. The Morgan fingerprint density at radius 2 is 1.61 bits per heavy atom. The zero-order valence-corrected chi connectivity index (χ0v) is 21.5. The monoisotopic (exact) mass is 556 g/mol. The van der Waals surface area contributed by atoms with Gasteiger partial charge in [0.25, 0.3) is 0 Å². The number of nitrogens with zero attached hydrogens (tertiary/aromatic N) is 1. The van der Waals surface area contributed by atoms with Gasteiger partial charge in [0.2, 0.25) is 10.0 Å². The summed E-state index contributed by atoms with van der Waals surface area (Å²) in [6.07, 6.45) is 2.34. The smallest absolute Gasteiger partial charge is 0.216 e. The zero-order chi connectivity index (χ0) is 21.6. The van der Waals surface area contributed by atoms with Gasteiger partial charge in [-0.1, -0.05) is 54.6 Å². The van der Waals surface area contributed by atoms with Gasteiger partial charge in [0.05, 0.1) is 5.75 Å². The first-order chi connectivity index (χ1) is 14.3. The lowest BCUT2D eigenvalue weighted by molar-refractivity contribution is 0.568. The standard InChI is InChI=1S/C23H32N4O2S.HI/c1-18(2)27-30(28,29)16-20-10-8-7-9-19(20)15-25-22(24-3)26-17-23(13-14-23)21-11-5-4-6-12-21;/h4-12,18,27H,13-17H2,1-3H3,(H2,24,25,26);1H. The Labute approximate surface area is 203 Å². The molecule has 1 aliphatic rings. The van der Waals surface area contributed by atoms with Gasteiger partial charge in [-0.2, -0.15) is 0 Å². The van der Waals surface area contributed by atoms with E-state index >= 15 is 0 Å². The predicted octanol–water partition coefficient (Wildman–Crippen LogP) is 3.53. The van der Waals surface area contributed by atoms with Crippen molar-refractivity contribution in [3.63, 3.8) is 0 Å². The number of halogens is 1. The van der Waals surface area contributed by atoms with Gasteiger partial charge >= 0.3 is 0 Å². The van der Waals surface area contributed by atoms with Gasteiger partial charge in [0, 0.05) is 31.6 Å². The summed E-state index contributed by atoms with van der Waals surface area (Å²) in [5, 5.41) is 6.77. The molecule has 0 unspecified atom stereocenters. The highest BCUT2D eigenvalue weighted by Gasteiger charge is 2.43. The lowest BCUT2D eigenvalue weighted by atomic mass is 9.96. The molecular formula is C23H33IN4O2S. The number of benzene rings is 2. The highest BCUT2D eigenvalue weighted by Crippen LogP contribution is 2.47. The first-order valence-corrected chi connectivity index (χ1v) is 12.1. The van der Waals surface area contributed by atoms with E-state index in [4.69, 9.17) is 0 Å². The number of rotatable bonds is 9. The minimum atomic E-state index is -3.38. The van der Waals surface area contributed by atoms with Gasteiger partial charge < -0.3 is 10.6 Å². The molecule has 0 spiro atoms. The van der Waals surface area contributed by atoms with E-state index < -0.39 is 10.0 Å². The Balaban J connectivity index is 0.00000341. The van der Waals surface area contributed by atoms with Crippen LogP contribution in [0, 0.1) is 0 Å². The highest BCUT2D eigenvalue weighted by molar-refractivity contribution is 14.0. The fraction of sp³-hybridized carbons (Fsp3) is 0.435. The van der Waals surface area contributed by atoms with E-state index in [9.17, 15) is 8.42 Å². The average molecular weight is 557 g/mol. The van der Waals surface area contributed by atoms with Crippen LogP contribution in [-0.2, 0) is 27.7 Å². The molecule has 8 heteroatoms. The zero-order valence-electron chi connectivity index (χ0n) is 18.4. The van der Waals surface area contributed by atoms with Crippen molar-refractivity contribution in [3.05, 3.63) is 71.3 Å². The number of guanidine groups is 1. The van der Waals surface area contributed by atoms with Crippen LogP contribution in [0.15, 0.2) is 59.6 Å². The molecule has 0 radical (unpaired) electrons. The lowest BCUT2D eigenvalue weighted by Gasteiger charge is -2.19. The van der Waals surface area contributed by atoms with E-state index in [0.717, 1.165) is 23.6 Å². The summed E-state index contributed by atoms with van der Waals surface area (Å²) >= 11 is 0. The molecule has 0 aliphatic heterocycles. The molecule has 6 nitrogen and oxygen atoms in total. The molecule has 3 rings (SSSR count). The predicted molar refractivity (Wildman–Crippen MR) is 138 cm³/mol. The molecule has 0 aromatic heterocycles. The SMILES string of the molecule is CN=C(NCc1ccccc1CS(=O)(=O)NC(C)C)NCC1(c2ccccc2)CC1.I. The van der Waals surface area contributed by atoms with Crippen LogP contribution in [0.4, 0.5) is 0 Å². The van der Waals surface area contributed by atoms with Crippen LogP contribution < -0.4 is 15.4 Å². The molecule has 1 saturated carbocycles. The third kappa shape index (κ3) is 7.47. The Bertz CT molecular complexity index is 974. The molecule has 1 fully saturated rings. The van der Waals surface area contributed by atoms with Gasteiger partial charge in [-0.25, -0.2) is 13.1 Å². The molecule has 0 heterocycles.